The van der Waals surface area contributed by atoms with Crippen molar-refractivity contribution in [3.05, 3.63) is 28.2 Å². The molecule has 0 unspecified atom stereocenters. The van der Waals surface area contributed by atoms with Crippen LogP contribution in [-0.2, 0) is 4.79 Å². The lowest BCUT2D eigenvalue weighted by Crippen LogP contribution is -2.36. The van der Waals surface area contributed by atoms with Gasteiger partial charge in [-0.05, 0) is 40.5 Å². The molecule has 5 nitrogen and oxygen atoms in total. The van der Waals surface area contributed by atoms with E-state index < -0.39 is 0 Å². The van der Waals surface area contributed by atoms with E-state index in [9.17, 15) is 9.59 Å². The molecule has 1 aromatic carbocycles. The maximum absolute atomic E-state index is 12.4. The van der Waals surface area contributed by atoms with Gasteiger partial charge >= 0.3 is 0 Å². The van der Waals surface area contributed by atoms with E-state index in [1.54, 1.807) is 34.9 Å². The lowest BCUT2D eigenvalue weighted by atomic mass is 10.1. The van der Waals surface area contributed by atoms with Gasteiger partial charge in [-0.2, -0.15) is 0 Å². The first-order valence-electron chi connectivity index (χ1n) is 6.59. The summed E-state index contributed by atoms with van der Waals surface area (Å²) in [5, 5.41) is 0. The highest BCUT2D eigenvalue weighted by molar-refractivity contribution is 9.10. The van der Waals surface area contributed by atoms with E-state index in [-0.39, 0.29) is 11.8 Å². The molecule has 0 bridgehead atoms. The number of halogens is 1. The van der Waals surface area contributed by atoms with Gasteiger partial charge < -0.3 is 15.5 Å². The number of amides is 2. The Morgan fingerprint density at radius 3 is 2.45 bits per heavy atom. The predicted octanol–water partition coefficient (Wildman–Crippen LogP) is 1.73. The van der Waals surface area contributed by atoms with Crippen molar-refractivity contribution < 1.29 is 9.59 Å². The van der Waals surface area contributed by atoms with Crippen LogP contribution in [0.15, 0.2) is 22.7 Å². The van der Waals surface area contributed by atoms with E-state index in [0.29, 0.717) is 37.4 Å². The van der Waals surface area contributed by atoms with Crippen molar-refractivity contribution in [1.82, 2.24) is 9.80 Å². The number of benzene rings is 1. The zero-order valence-electron chi connectivity index (χ0n) is 11.4. The summed E-state index contributed by atoms with van der Waals surface area (Å²) < 4.78 is 0.785. The molecule has 6 heteroatoms. The molecule has 1 saturated heterocycles. The van der Waals surface area contributed by atoms with E-state index in [4.69, 9.17) is 5.73 Å². The SMILES string of the molecule is CC(=O)N1CCCN(C(=O)c2ccc(Br)c(N)c2)CC1. The first-order chi connectivity index (χ1) is 9.49. The van der Waals surface area contributed by atoms with Crippen molar-refractivity contribution in [3.8, 4) is 0 Å². The number of hydrogen-bond donors (Lipinski definition) is 1. The van der Waals surface area contributed by atoms with Crippen LogP contribution in [0.5, 0.6) is 0 Å². The number of carbonyl (C=O) groups excluding carboxylic acids is 2. The van der Waals surface area contributed by atoms with Gasteiger partial charge in [-0.1, -0.05) is 0 Å². The number of nitrogens with two attached hydrogens (primary N) is 1. The van der Waals surface area contributed by atoms with Gasteiger partial charge in [-0.3, -0.25) is 9.59 Å². The van der Waals surface area contributed by atoms with Crippen molar-refractivity contribution in [2.75, 3.05) is 31.9 Å². The number of hydrogen-bond acceptors (Lipinski definition) is 3. The average Bonchev–Trinajstić information content (AvgIpc) is 2.67. The summed E-state index contributed by atoms with van der Waals surface area (Å²) in [4.78, 5) is 27.4. The minimum absolute atomic E-state index is 0.0328. The summed E-state index contributed by atoms with van der Waals surface area (Å²) in [6, 6.07) is 5.22. The highest BCUT2D eigenvalue weighted by atomic mass is 79.9. The average molecular weight is 340 g/mol. The van der Waals surface area contributed by atoms with Gasteiger partial charge in [0.2, 0.25) is 5.91 Å². The normalized spacial score (nSPS) is 15.9. The molecule has 0 aromatic heterocycles. The van der Waals surface area contributed by atoms with Gasteiger partial charge in [-0.25, -0.2) is 0 Å². The van der Waals surface area contributed by atoms with Gasteiger partial charge in [0, 0.05) is 48.8 Å². The topological polar surface area (TPSA) is 66.6 Å². The van der Waals surface area contributed by atoms with Crippen LogP contribution in [0.2, 0.25) is 0 Å². The molecule has 108 valence electrons. The highest BCUT2D eigenvalue weighted by Crippen LogP contribution is 2.21. The second-order valence-electron chi connectivity index (χ2n) is 4.89. The molecule has 2 amide bonds. The molecule has 2 N–H and O–H groups in total. The zero-order chi connectivity index (χ0) is 14.7. The van der Waals surface area contributed by atoms with Crippen LogP contribution in [0.25, 0.3) is 0 Å². The Labute approximate surface area is 126 Å². The van der Waals surface area contributed by atoms with Gasteiger partial charge in [0.1, 0.15) is 0 Å². The lowest BCUT2D eigenvalue weighted by molar-refractivity contribution is -0.128. The molecule has 2 rings (SSSR count). The van der Waals surface area contributed by atoms with E-state index in [2.05, 4.69) is 15.9 Å². The molecule has 0 aliphatic carbocycles. The molecule has 1 heterocycles. The fourth-order valence-corrected chi connectivity index (χ4v) is 2.54. The number of carbonyl (C=O) groups is 2. The van der Waals surface area contributed by atoms with Crippen LogP contribution in [0.4, 0.5) is 5.69 Å². The Hall–Kier alpha value is -1.56. The standard InChI is InChI=1S/C14H18BrN3O2/c1-10(19)17-5-2-6-18(8-7-17)14(20)11-3-4-12(15)13(16)9-11/h3-4,9H,2,5-8,16H2,1H3. The summed E-state index contributed by atoms with van der Waals surface area (Å²) in [5.74, 6) is 0.0294. The Bertz CT molecular complexity index is 533. The zero-order valence-corrected chi connectivity index (χ0v) is 13.0. The summed E-state index contributed by atoms with van der Waals surface area (Å²) in [7, 11) is 0. The third-order valence-electron chi connectivity index (χ3n) is 3.47. The number of rotatable bonds is 1. The van der Waals surface area contributed by atoms with Gasteiger partial charge in [0.15, 0.2) is 0 Å². The predicted molar refractivity (Wildman–Crippen MR) is 81.3 cm³/mol. The second kappa shape index (κ2) is 6.26. The van der Waals surface area contributed by atoms with Gasteiger partial charge in [-0.15, -0.1) is 0 Å². The van der Waals surface area contributed by atoms with Crippen LogP contribution in [0.3, 0.4) is 0 Å². The van der Waals surface area contributed by atoms with Crippen molar-refractivity contribution in [2.24, 2.45) is 0 Å². The van der Waals surface area contributed by atoms with E-state index >= 15 is 0 Å². The molecular formula is C14H18BrN3O2. The molecule has 1 aromatic rings. The maximum Gasteiger partial charge on any atom is 0.253 e. The monoisotopic (exact) mass is 339 g/mol. The molecule has 0 radical (unpaired) electrons. The maximum atomic E-state index is 12.4. The van der Waals surface area contributed by atoms with E-state index in [1.807, 2.05) is 0 Å². The lowest BCUT2D eigenvalue weighted by Gasteiger charge is -2.21. The van der Waals surface area contributed by atoms with Crippen molar-refractivity contribution in [2.45, 2.75) is 13.3 Å². The van der Waals surface area contributed by atoms with Crippen LogP contribution in [-0.4, -0.2) is 47.8 Å². The quantitative estimate of drug-likeness (QED) is 0.792. The Kier molecular flexibility index (Phi) is 4.65. The van der Waals surface area contributed by atoms with Gasteiger partial charge in [0.25, 0.3) is 5.91 Å². The Balaban J connectivity index is 2.09. The van der Waals surface area contributed by atoms with Crippen molar-refractivity contribution >= 4 is 33.4 Å². The molecule has 0 atom stereocenters. The fourth-order valence-electron chi connectivity index (χ4n) is 2.29. The summed E-state index contributed by atoms with van der Waals surface area (Å²) in [5.41, 5.74) is 6.95. The molecule has 20 heavy (non-hydrogen) atoms. The Morgan fingerprint density at radius 1 is 1.15 bits per heavy atom. The second-order valence-corrected chi connectivity index (χ2v) is 5.74. The minimum atomic E-state index is -0.0328. The highest BCUT2D eigenvalue weighted by Gasteiger charge is 2.21. The largest absolute Gasteiger partial charge is 0.398 e. The molecule has 1 fully saturated rings. The van der Waals surface area contributed by atoms with Crippen LogP contribution in [0.1, 0.15) is 23.7 Å². The molecule has 1 aliphatic heterocycles. The van der Waals surface area contributed by atoms with Crippen molar-refractivity contribution in [1.29, 1.82) is 0 Å². The smallest absolute Gasteiger partial charge is 0.253 e. The summed E-state index contributed by atoms with van der Waals surface area (Å²) >= 11 is 3.32. The number of nitrogens with zero attached hydrogens (tertiary/aromatic N) is 2. The summed E-state index contributed by atoms with van der Waals surface area (Å²) in [6.45, 7) is 4.09. The third kappa shape index (κ3) is 3.30. The first-order valence-corrected chi connectivity index (χ1v) is 7.38. The fraction of sp³-hybridized carbons (Fsp3) is 0.429. The molecular weight excluding hydrogens is 322 g/mol. The summed E-state index contributed by atoms with van der Waals surface area (Å²) in [6.07, 6.45) is 0.803. The van der Waals surface area contributed by atoms with Crippen molar-refractivity contribution in [3.63, 3.8) is 0 Å². The van der Waals surface area contributed by atoms with Crippen LogP contribution >= 0.6 is 15.9 Å². The number of nitrogen functional groups attached to an aromatic ring is 1. The molecule has 0 spiro atoms. The molecule has 1 aliphatic rings. The van der Waals surface area contributed by atoms with E-state index in [1.165, 1.54) is 0 Å². The molecule has 0 saturated carbocycles. The Morgan fingerprint density at radius 2 is 1.80 bits per heavy atom. The third-order valence-corrected chi connectivity index (χ3v) is 4.19. The van der Waals surface area contributed by atoms with E-state index in [0.717, 1.165) is 10.9 Å². The van der Waals surface area contributed by atoms with Crippen LogP contribution in [0, 0.1) is 0 Å². The van der Waals surface area contributed by atoms with Gasteiger partial charge in [0.05, 0.1) is 0 Å². The van der Waals surface area contributed by atoms with Crippen LogP contribution < -0.4 is 5.73 Å². The minimum Gasteiger partial charge on any atom is -0.398 e. The first kappa shape index (κ1) is 14.8. The number of anilines is 1.